The van der Waals surface area contributed by atoms with Crippen molar-refractivity contribution in [1.29, 1.82) is 0 Å². The van der Waals surface area contributed by atoms with Crippen molar-refractivity contribution in [3.05, 3.63) is 22.4 Å². The van der Waals surface area contributed by atoms with Crippen LogP contribution in [0.2, 0.25) is 0 Å². The first-order valence-corrected chi connectivity index (χ1v) is 7.18. The van der Waals surface area contributed by atoms with Crippen LogP contribution in [-0.2, 0) is 11.3 Å². The van der Waals surface area contributed by atoms with Gasteiger partial charge in [-0.3, -0.25) is 4.68 Å². The number of rotatable bonds is 4. The summed E-state index contributed by atoms with van der Waals surface area (Å²) in [5, 5.41) is 4.39. The summed E-state index contributed by atoms with van der Waals surface area (Å²) in [5.74, 6) is 0. The van der Waals surface area contributed by atoms with Gasteiger partial charge in [0.2, 0.25) is 0 Å². The van der Waals surface area contributed by atoms with Crippen LogP contribution < -0.4 is 5.73 Å². The maximum atomic E-state index is 6.09. The van der Waals surface area contributed by atoms with E-state index >= 15 is 0 Å². The monoisotopic (exact) mass is 313 g/mol. The molecule has 100 valence electrons. The van der Waals surface area contributed by atoms with Crippen LogP contribution >= 0.6 is 15.9 Å². The van der Waals surface area contributed by atoms with E-state index in [9.17, 15) is 0 Å². The second-order valence-corrected chi connectivity index (χ2v) is 5.51. The van der Waals surface area contributed by atoms with Gasteiger partial charge < -0.3 is 10.5 Å². The van der Waals surface area contributed by atoms with Gasteiger partial charge in [0.1, 0.15) is 0 Å². The first-order chi connectivity index (χ1) is 8.72. The lowest BCUT2D eigenvalue weighted by Gasteiger charge is -2.11. The van der Waals surface area contributed by atoms with E-state index in [1.165, 1.54) is 18.4 Å². The number of hydrogen-bond acceptors (Lipinski definition) is 3. The number of hydrogen-bond donors (Lipinski definition) is 1. The van der Waals surface area contributed by atoms with Crippen LogP contribution in [-0.4, -0.2) is 29.5 Å². The molecule has 1 aliphatic carbocycles. The van der Waals surface area contributed by atoms with Crippen molar-refractivity contribution >= 4 is 21.5 Å². The van der Waals surface area contributed by atoms with Gasteiger partial charge in [0.25, 0.3) is 0 Å². The molecule has 1 atom stereocenters. The van der Waals surface area contributed by atoms with E-state index in [0.717, 1.165) is 29.6 Å². The maximum absolute atomic E-state index is 6.09. The van der Waals surface area contributed by atoms with Gasteiger partial charge in [-0.25, -0.2) is 0 Å². The van der Waals surface area contributed by atoms with Gasteiger partial charge in [-0.1, -0.05) is 12.5 Å². The standard InChI is InChI=1S/C13H20BrN3O/c1-18-7-6-17-13(12(14)9-16-17)10-4-2-3-5-11(15)8-10/h8-9,11H,2-7,15H2,1H3. The number of nitrogens with two attached hydrogens (primary N) is 1. The molecule has 5 heteroatoms. The zero-order chi connectivity index (χ0) is 13.0. The van der Waals surface area contributed by atoms with Gasteiger partial charge in [-0.2, -0.15) is 5.10 Å². The van der Waals surface area contributed by atoms with Crippen molar-refractivity contribution in [2.45, 2.75) is 38.3 Å². The van der Waals surface area contributed by atoms with Crippen LogP contribution in [0.25, 0.3) is 5.57 Å². The van der Waals surface area contributed by atoms with Crippen LogP contribution in [0.3, 0.4) is 0 Å². The number of halogens is 1. The van der Waals surface area contributed by atoms with Crippen LogP contribution in [0.1, 0.15) is 31.4 Å². The summed E-state index contributed by atoms with van der Waals surface area (Å²) in [7, 11) is 1.71. The smallest absolute Gasteiger partial charge is 0.0782 e. The first kappa shape index (κ1) is 13.8. The molecule has 1 aromatic heterocycles. The molecule has 2 N–H and O–H groups in total. The molecule has 0 aromatic carbocycles. The lowest BCUT2D eigenvalue weighted by atomic mass is 10.1. The van der Waals surface area contributed by atoms with Gasteiger partial charge in [0.15, 0.2) is 0 Å². The number of aromatic nitrogens is 2. The molecule has 0 bridgehead atoms. The molecule has 0 radical (unpaired) electrons. The summed E-state index contributed by atoms with van der Waals surface area (Å²) < 4.78 is 8.16. The van der Waals surface area contributed by atoms with Gasteiger partial charge in [0.05, 0.1) is 29.5 Å². The van der Waals surface area contributed by atoms with E-state index in [-0.39, 0.29) is 6.04 Å². The Kier molecular flexibility index (Phi) is 4.97. The summed E-state index contributed by atoms with van der Waals surface area (Å²) in [4.78, 5) is 0. The van der Waals surface area contributed by atoms with E-state index in [1.807, 2.05) is 10.9 Å². The molecule has 0 saturated heterocycles. The molecular formula is C13H20BrN3O. The van der Waals surface area contributed by atoms with Crippen LogP contribution in [0.15, 0.2) is 16.7 Å². The van der Waals surface area contributed by atoms with Crippen molar-refractivity contribution in [2.75, 3.05) is 13.7 Å². The maximum Gasteiger partial charge on any atom is 0.0782 e. The second kappa shape index (κ2) is 6.50. The Hall–Kier alpha value is -0.650. The predicted molar refractivity (Wildman–Crippen MR) is 76.2 cm³/mol. The predicted octanol–water partition coefficient (Wildman–Crippen LogP) is 2.58. The third-order valence-corrected chi connectivity index (χ3v) is 3.84. The minimum atomic E-state index is 0.167. The molecule has 0 aliphatic heterocycles. The van der Waals surface area contributed by atoms with Crippen molar-refractivity contribution in [2.24, 2.45) is 5.73 Å². The molecule has 0 fully saturated rings. The molecule has 1 aromatic rings. The lowest BCUT2D eigenvalue weighted by Crippen LogP contribution is -2.16. The van der Waals surface area contributed by atoms with Crippen LogP contribution in [0, 0.1) is 0 Å². The highest BCUT2D eigenvalue weighted by molar-refractivity contribution is 9.10. The molecule has 0 amide bonds. The highest BCUT2D eigenvalue weighted by Gasteiger charge is 2.16. The molecule has 0 spiro atoms. The summed E-state index contributed by atoms with van der Waals surface area (Å²) in [5.41, 5.74) is 8.55. The molecular weight excluding hydrogens is 294 g/mol. The lowest BCUT2D eigenvalue weighted by molar-refractivity contribution is 0.183. The van der Waals surface area contributed by atoms with E-state index in [4.69, 9.17) is 10.5 Å². The Morgan fingerprint density at radius 3 is 3.17 bits per heavy atom. The summed E-state index contributed by atoms with van der Waals surface area (Å²) >= 11 is 3.58. The Bertz CT molecular complexity index is 428. The van der Waals surface area contributed by atoms with Gasteiger partial charge >= 0.3 is 0 Å². The summed E-state index contributed by atoms with van der Waals surface area (Å²) in [6, 6.07) is 0.167. The molecule has 0 saturated carbocycles. The SMILES string of the molecule is COCCn1ncc(Br)c1C1=CC(N)CCCC1. The minimum Gasteiger partial charge on any atom is -0.383 e. The van der Waals surface area contributed by atoms with Gasteiger partial charge in [-0.05, 0) is 40.8 Å². The normalized spacial score (nSPS) is 20.6. The average Bonchev–Trinajstić information content (AvgIpc) is 2.57. The van der Waals surface area contributed by atoms with Crippen LogP contribution in [0.4, 0.5) is 0 Å². The van der Waals surface area contributed by atoms with Gasteiger partial charge in [-0.15, -0.1) is 0 Å². The first-order valence-electron chi connectivity index (χ1n) is 6.39. The Balaban J connectivity index is 2.27. The molecule has 1 aliphatic rings. The third-order valence-electron chi connectivity index (χ3n) is 3.26. The number of nitrogens with zero attached hydrogens (tertiary/aromatic N) is 2. The third kappa shape index (κ3) is 3.22. The Morgan fingerprint density at radius 1 is 1.56 bits per heavy atom. The largest absolute Gasteiger partial charge is 0.383 e. The fourth-order valence-corrected chi connectivity index (χ4v) is 2.90. The van der Waals surface area contributed by atoms with Crippen molar-refractivity contribution in [3.8, 4) is 0 Å². The topological polar surface area (TPSA) is 53.1 Å². The molecule has 18 heavy (non-hydrogen) atoms. The second-order valence-electron chi connectivity index (χ2n) is 4.66. The minimum absolute atomic E-state index is 0.167. The highest BCUT2D eigenvalue weighted by atomic mass is 79.9. The molecule has 1 unspecified atom stereocenters. The Labute approximate surface area is 116 Å². The number of allylic oxidation sites excluding steroid dienone is 1. The quantitative estimate of drug-likeness (QED) is 0.929. The fraction of sp³-hybridized carbons (Fsp3) is 0.615. The molecule has 1 heterocycles. The molecule has 2 rings (SSSR count). The van der Waals surface area contributed by atoms with Crippen molar-refractivity contribution in [3.63, 3.8) is 0 Å². The Morgan fingerprint density at radius 2 is 2.39 bits per heavy atom. The summed E-state index contributed by atoms with van der Waals surface area (Å²) in [6.45, 7) is 1.43. The van der Waals surface area contributed by atoms with E-state index in [2.05, 4.69) is 27.1 Å². The zero-order valence-electron chi connectivity index (χ0n) is 10.7. The van der Waals surface area contributed by atoms with Crippen molar-refractivity contribution in [1.82, 2.24) is 9.78 Å². The fourth-order valence-electron chi connectivity index (χ4n) is 2.35. The van der Waals surface area contributed by atoms with Gasteiger partial charge in [0, 0.05) is 13.2 Å². The number of methoxy groups -OCH3 is 1. The van der Waals surface area contributed by atoms with E-state index in [0.29, 0.717) is 6.61 Å². The number of ether oxygens (including phenoxy) is 1. The zero-order valence-corrected chi connectivity index (χ0v) is 12.3. The van der Waals surface area contributed by atoms with Crippen molar-refractivity contribution < 1.29 is 4.74 Å². The van der Waals surface area contributed by atoms with E-state index in [1.54, 1.807) is 7.11 Å². The van der Waals surface area contributed by atoms with E-state index < -0.39 is 0 Å². The summed E-state index contributed by atoms with van der Waals surface area (Å²) in [6.07, 6.45) is 8.59. The average molecular weight is 314 g/mol. The highest BCUT2D eigenvalue weighted by Crippen LogP contribution is 2.30. The van der Waals surface area contributed by atoms with Crippen LogP contribution in [0.5, 0.6) is 0 Å². The molecule has 4 nitrogen and oxygen atoms in total.